The van der Waals surface area contributed by atoms with Crippen LogP contribution in [0.4, 0.5) is 15.8 Å². The number of nitro groups is 1. The van der Waals surface area contributed by atoms with E-state index in [1.165, 1.54) is 6.07 Å². The van der Waals surface area contributed by atoms with E-state index in [0.717, 1.165) is 23.0 Å². The molecule has 6 nitrogen and oxygen atoms in total. The normalized spacial score (nSPS) is 10.7. The van der Waals surface area contributed by atoms with Crippen LogP contribution in [-0.4, -0.2) is 14.7 Å². The van der Waals surface area contributed by atoms with Crippen LogP contribution in [-0.2, 0) is 13.6 Å². The molecule has 112 valence electrons. The monoisotopic (exact) mass is 292 g/mol. The van der Waals surface area contributed by atoms with Gasteiger partial charge < -0.3 is 5.32 Å². The molecule has 0 aliphatic heterocycles. The summed E-state index contributed by atoms with van der Waals surface area (Å²) in [5.74, 6) is -0.582. The van der Waals surface area contributed by atoms with Crippen molar-refractivity contribution in [3.8, 4) is 0 Å². The predicted molar refractivity (Wildman–Crippen MR) is 77.8 cm³/mol. The summed E-state index contributed by atoms with van der Waals surface area (Å²) in [7, 11) is 1.84. The van der Waals surface area contributed by atoms with Crippen LogP contribution >= 0.6 is 0 Å². The van der Waals surface area contributed by atoms with Gasteiger partial charge >= 0.3 is 0 Å². The van der Waals surface area contributed by atoms with Gasteiger partial charge in [0, 0.05) is 24.8 Å². The second kappa shape index (κ2) is 5.51. The van der Waals surface area contributed by atoms with Crippen molar-refractivity contribution in [1.29, 1.82) is 0 Å². The number of nitrogens with zero attached hydrogens (tertiary/aromatic N) is 3. The van der Waals surface area contributed by atoms with Crippen molar-refractivity contribution in [2.24, 2.45) is 7.05 Å². The molecule has 2 rings (SSSR count). The minimum atomic E-state index is -0.589. The Morgan fingerprint density at radius 3 is 2.57 bits per heavy atom. The van der Waals surface area contributed by atoms with Gasteiger partial charge in [-0.25, -0.2) is 4.39 Å². The number of hydrogen-bond acceptors (Lipinski definition) is 4. The second-order valence-electron chi connectivity index (χ2n) is 5.00. The third-order valence-corrected chi connectivity index (χ3v) is 3.59. The third kappa shape index (κ3) is 2.86. The van der Waals surface area contributed by atoms with Crippen molar-refractivity contribution >= 4 is 11.4 Å². The number of nitro benzene ring substituents is 1. The maximum absolute atomic E-state index is 13.5. The number of halogens is 1. The molecule has 0 radical (unpaired) electrons. The Labute approximate surface area is 121 Å². The molecule has 21 heavy (non-hydrogen) atoms. The topological polar surface area (TPSA) is 73.0 Å². The van der Waals surface area contributed by atoms with E-state index in [4.69, 9.17) is 0 Å². The molecule has 0 aliphatic carbocycles. The predicted octanol–water partition coefficient (Wildman–Crippen LogP) is 3.00. The first-order valence-electron chi connectivity index (χ1n) is 6.48. The van der Waals surface area contributed by atoms with E-state index in [1.807, 2.05) is 20.9 Å². The van der Waals surface area contributed by atoms with Crippen LogP contribution in [0.5, 0.6) is 0 Å². The Morgan fingerprint density at radius 2 is 2.05 bits per heavy atom. The molecule has 0 unspecified atom stereocenters. The van der Waals surface area contributed by atoms with E-state index < -0.39 is 10.7 Å². The Morgan fingerprint density at radius 1 is 1.38 bits per heavy atom. The molecular formula is C14H17FN4O2. The smallest absolute Gasteiger partial charge is 0.295 e. The Kier molecular flexibility index (Phi) is 3.93. The molecule has 0 atom stereocenters. The van der Waals surface area contributed by atoms with Gasteiger partial charge in [0.1, 0.15) is 11.5 Å². The van der Waals surface area contributed by atoms with E-state index in [1.54, 1.807) is 11.6 Å². The summed E-state index contributed by atoms with van der Waals surface area (Å²) in [6, 6.07) is 2.40. The number of benzene rings is 1. The molecule has 0 saturated heterocycles. The fraction of sp³-hybridized carbons (Fsp3) is 0.357. The summed E-state index contributed by atoms with van der Waals surface area (Å²) in [5, 5.41) is 18.3. The second-order valence-corrected chi connectivity index (χ2v) is 5.00. The zero-order chi connectivity index (χ0) is 15.7. The van der Waals surface area contributed by atoms with Gasteiger partial charge in [-0.2, -0.15) is 5.10 Å². The lowest BCUT2D eigenvalue weighted by Crippen LogP contribution is -2.05. The van der Waals surface area contributed by atoms with Crippen LogP contribution in [0.1, 0.15) is 22.5 Å². The summed E-state index contributed by atoms with van der Waals surface area (Å²) in [6.07, 6.45) is 0. The molecule has 0 fully saturated rings. The van der Waals surface area contributed by atoms with Crippen LogP contribution in [0.3, 0.4) is 0 Å². The van der Waals surface area contributed by atoms with E-state index in [9.17, 15) is 14.5 Å². The van der Waals surface area contributed by atoms with Crippen molar-refractivity contribution in [1.82, 2.24) is 9.78 Å². The highest BCUT2D eigenvalue weighted by molar-refractivity contribution is 5.63. The first-order valence-corrected chi connectivity index (χ1v) is 6.48. The lowest BCUT2D eigenvalue weighted by atomic mass is 10.1. The van der Waals surface area contributed by atoms with Crippen molar-refractivity contribution in [3.05, 3.63) is 50.6 Å². The molecule has 0 saturated carbocycles. The average molecular weight is 292 g/mol. The van der Waals surface area contributed by atoms with Crippen molar-refractivity contribution < 1.29 is 9.31 Å². The van der Waals surface area contributed by atoms with E-state index in [2.05, 4.69) is 10.4 Å². The fourth-order valence-corrected chi connectivity index (χ4v) is 2.22. The molecule has 2 aromatic rings. The van der Waals surface area contributed by atoms with Crippen LogP contribution in [0.15, 0.2) is 12.1 Å². The first-order chi connectivity index (χ1) is 9.81. The number of aromatic nitrogens is 2. The molecule has 1 aromatic heterocycles. The van der Waals surface area contributed by atoms with Crippen molar-refractivity contribution in [2.75, 3.05) is 5.32 Å². The van der Waals surface area contributed by atoms with Gasteiger partial charge in [-0.1, -0.05) is 0 Å². The van der Waals surface area contributed by atoms with Gasteiger partial charge in [0.05, 0.1) is 16.7 Å². The largest absolute Gasteiger partial charge is 0.375 e. The molecule has 0 amide bonds. The van der Waals surface area contributed by atoms with Crippen molar-refractivity contribution in [3.63, 3.8) is 0 Å². The van der Waals surface area contributed by atoms with E-state index in [-0.39, 0.29) is 5.69 Å². The summed E-state index contributed by atoms with van der Waals surface area (Å²) in [6.45, 7) is 5.79. The van der Waals surface area contributed by atoms with Crippen LogP contribution < -0.4 is 5.32 Å². The fourth-order valence-electron chi connectivity index (χ4n) is 2.22. The number of rotatable bonds is 4. The lowest BCUT2D eigenvalue weighted by Gasteiger charge is -2.09. The van der Waals surface area contributed by atoms with Crippen molar-refractivity contribution in [2.45, 2.75) is 27.3 Å². The number of anilines is 1. The summed E-state index contributed by atoms with van der Waals surface area (Å²) in [4.78, 5) is 10.4. The zero-order valence-corrected chi connectivity index (χ0v) is 12.4. The van der Waals surface area contributed by atoms with Gasteiger partial charge in [0.2, 0.25) is 0 Å². The number of nitrogens with one attached hydrogen (secondary N) is 1. The highest BCUT2D eigenvalue weighted by atomic mass is 19.1. The lowest BCUT2D eigenvalue weighted by molar-refractivity contribution is -0.384. The maximum atomic E-state index is 13.5. The van der Waals surface area contributed by atoms with Gasteiger partial charge in [0.15, 0.2) is 0 Å². The van der Waals surface area contributed by atoms with Gasteiger partial charge in [0.25, 0.3) is 5.69 Å². The molecule has 1 heterocycles. The third-order valence-electron chi connectivity index (χ3n) is 3.59. The molecular weight excluding hydrogens is 275 g/mol. The van der Waals surface area contributed by atoms with Crippen LogP contribution in [0.25, 0.3) is 0 Å². The molecule has 7 heteroatoms. The summed E-state index contributed by atoms with van der Waals surface area (Å²) in [5.41, 5.74) is 3.24. The average Bonchev–Trinajstić information content (AvgIpc) is 2.64. The van der Waals surface area contributed by atoms with E-state index >= 15 is 0 Å². The van der Waals surface area contributed by atoms with Crippen LogP contribution in [0, 0.1) is 36.7 Å². The minimum Gasteiger partial charge on any atom is -0.375 e. The summed E-state index contributed by atoms with van der Waals surface area (Å²) >= 11 is 0. The molecule has 0 aliphatic rings. The summed E-state index contributed by atoms with van der Waals surface area (Å²) < 4.78 is 15.2. The molecule has 1 aromatic carbocycles. The standard InChI is InChI=1S/C14H17FN4O2/c1-8-5-13(14(19(20)21)6-12(8)15)16-7-11-9(2)17-18(4)10(11)3/h5-6,16H,7H2,1-4H3. The maximum Gasteiger partial charge on any atom is 0.295 e. The molecule has 0 spiro atoms. The minimum absolute atomic E-state index is 0.266. The van der Waals surface area contributed by atoms with Gasteiger partial charge in [-0.3, -0.25) is 14.8 Å². The Balaban J connectivity index is 2.31. The first kappa shape index (κ1) is 15.0. The van der Waals surface area contributed by atoms with Gasteiger partial charge in [-0.15, -0.1) is 0 Å². The Hall–Kier alpha value is -2.44. The van der Waals surface area contributed by atoms with E-state index in [0.29, 0.717) is 17.8 Å². The highest BCUT2D eigenvalue weighted by Gasteiger charge is 2.18. The molecule has 0 bridgehead atoms. The Bertz CT molecular complexity index is 709. The quantitative estimate of drug-likeness (QED) is 0.694. The molecule has 1 N–H and O–H groups in total. The van der Waals surface area contributed by atoms with Crippen LogP contribution in [0.2, 0.25) is 0 Å². The number of aryl methyl sites for hydroxylation is 3. The van der Waals surface area contributed by atoms with Gasteiger partial charge in [-0.05, 0) is 32.4 Å². The number of hydrogen-bond donors (Lipinski definition) is 1. The SMILES string of the molecule is Cc1cc(NCc2c(C)nn(C)c2C)c([N+](=O)[O-])cc1F. The zero-order valence-electron chi connectivity index (χ0n) is 12.4. The highest BCUT2D eigenvalue weighted by Crippen LogP contribution is 2.28.